The summed E-state index contributed by atoms with van der Waals surface area (Å²) in [5.41, 5.74) is -0.110. The van der Waals surface area contributed by atoms with E-state index < -0.39 is 11.6 Å². The molecule has 1 N–H and O–H groups in total. The molecule has 0 saturated heterocycles. The molecule has 19 heavy (non-hydrogen) atoms. The van der Waals surface area contributed by atoms with E-state index in [0.29, 0.717) is 6.54 Å². The van der Waals surface area contributed by atoms with Gasteiger partial charge in [0.25, 0.3) is 5.91 Å². The molecule has 0 aromatic carbocycles. The minimum Gasteiger partial charge on any atom is -0.450 e. The second kappa shape index (κ2) is 5.74. The molecule has 0 radical (unpaired) electrons. The largest absolute Gasteiger partial charge is 0.450 e. The van der Waals surface area contributed by atoms with Crippen LogP contribution < -0.4 is 5.32 Å². The highest BCUT2D eigenvalue weighted by Crippen LogP contribution is 2.24. The number of hydrogen-bond acceptors (Lipinski definition) is 4. The van der Waals surface area contributed by atoms with Gasteiger partial charge in [0, 0.05) is 18.9 Å². The highest BCUT2D eigenvalue weighted by Gasteiger charge is 2.32. The van der Waals surface area contributed by atoms with Crippen molar-refractivity contribution < 1.29 is 14.3 Å². The predicted octanol–water partition coefficient (Wildman–Crippen LogP) is 2.48. The molecule has 0 fully saturated rings. The molecule has 5 heteroatoms. The van der Waals surface area contributed by atoms with E-state index in [1.165, 1.54) is 12.5 Å². The quantitative estimate of drug-likeness (QED) is 0.845. The SMILES string of the molecule is CC(=O)OC(C)(C)C(=O)NCC(C)(C)c1ccsc1. The minimum absolute atomic E-state index is 0.151. The van der Waals surface area contributed by atoms with Crippen molar-refractivity contribution in [3.63, 3.8) is 0 Å². The summed E-state index contributed by atoms with van der Waals surface area (Å²) < 4.78 is 5.01. The Hall–Kier alpha value is -1.36. The number of nitrogens with one attached hydrogen (secondary N) is 1. The zero-order valence-electron chi connectivity index (χ0n) is 12.1. The molecule has 0 aliphatic rings. The predicted molar refractivity (Wildman–Crippen MR) is 76.2 cm³/mol. The third kappa shape index (κ3) is 4.35. The lowest BCUT2D eigenvalue weighted by molar-refractivity contribution is -0.163. The van der Waals surface area contributed by atoms with Gasteiger partial charge in [-0.05, 0) is 36.2 Å². The zero-order chi connectivity index (χ0) is 14.7. The van der Waals surface area contributed by atoms with Crippen LogP contribution in [0.4, 0.5) is 0 Å². The lowest BCUT2D eigenvalue weighted by Crippen LogP contribution is -2.48. The molecular formula is C14H21NO3S. The third-order valence-electron chi connectivity index (χ3n) is 2.94. The molecule has 0 aliphatic carbocycles. The Morgan fingerprint density at radius 1 is 1.32 bits per heavy atom. The van der Waals surface area contributed by atoms with E-state index in [0.717, 1.165) is 0 Å². The van der Waals surface area contributed by atoms with Crippen molar-refractivity contribution in [1.82, 2.24) is 5.32 Å². The second-order valence-electron chi connectivity index (χ2n) is 5.68. The second-order valence-corrected chi connectivity index (χ2v) is 6.46. The zero-order valence-corrected chi connectivity index (χ0v) is 12.9. The highest BCUT2D eigenvalue weighted by atomic mass is 32.1. The van der Waals surface area contributed by atoms with E-state index in [4.69, 9.17) is 4.74 Å². The first-order valence-electron chi connectivity index (χ1n) is 6.16. The topological polar surface area (TPSA) is 55.4 Å². The highest BCUT2D eigenvalue weighted by molar-refractivity contribution is 7.08. The molecular weight excluding hydrogens is 262 g/mol. The van der Waals surface area contributed by atoms with Gasteiger partial charge in [0.05, 0.1) is 0 Å². The lowest BCUT2D eigenvalue weighted by Gasteiger charge is -2.28. The van der Waals surface area contributed by atoms with Gasteiger partial charge in [0.15, 0.2) is 5.60 Å². The van der Waals surface area contributed by atoms with Crippen LogP contribution in [0.15, 0.2) is 16.8 Å². The van der Waals surface area contributed by atoms with Crippen molar-refractivity contribution in [2.45, 2.75) is 45.6 Å². The van der Waals surface area contributed by atoms with E-state index in [1.807, 2.05) is 11.4 Å². The van der Waals surface area contributed by atoms with Gasteiger partial charge in [-0.15, -0.1) is 0 Å². The molecule has 4 nitrogen and oxygen atoms in total. The first-order valence-corrected chi connectivity index (χ1v) is 7.10. The number of hydrogen-bond donors (Lipinski definition) is 1. The molecule has 106 valence electrons. The van der Waals surface area contributed by atoms with Gasteiger partial charge >= 0.3 is 5.97 Å². The van der Waals surface area contributed by atoms with Crippen LogP contribution in [0.3, 0.4) is 0 Å². The average Bonchev–Trinajstić information content (AvgIpc) is 2.78. The Bertz CT molecular complexity index is 449. The molecule has 0 atom stereocenters. The molecule has 0 spiro atoms. The lowest BCUT2D eigenvalue weighted by atomic mass is 9.86. The molecule has 0 unspecified atom stereocenters. The van der Waals surface area contributed by atoms with Gasteiger partial charge in [0.2, 0.25) is 0 Å². The normalized spacial score (nSPS) is 12.1. The Kier molecular flexibility index (Phi) is 4.74. The summed E-state index contributed by atoms with van der Waals surface area (Å²) in [6.45, 7) is 9.09. The molecule has 0 aliphatic heterocycles. The van der Waals surface area contributed by atoms with Gasteiger partial charge in [0.1, 0.15) is 0 Å². The van der Waals surface area contributed by atoms with E-state index in [1.54, 1.807) is 25.2 Å². The van der Waals surface area contributed by atoms with Gasteiger partial charge in [-0.2, -0.15) is 11.3 Å². The van der Waals surface area contributed by atoms with Crippen LogP contribution in [-0.4, -0.2) is 24.0 Å². The van der Waals surface area contributed by atoms with E-state index in [9.17, 15) is 9.59 Å². The molecule has 1 rings (SSSR count). The number of ether oxygens (including phenoxy) is 1. The third-order valence-corrected chi connectivity index (χ3v) is 3.62. The summed E-state index contributed by atoms with van der Waals surface area (Å²) in [6, 6.07) is 2.05. The summed E-state index contributed by atoms with van der Waals surface area (Å²) in [7, 11) is 0. The van der Waals surface area contributed by atoms with Crippen molar-refractivity contribution >= 4 is 23.2 Å². The van der Waals surface area contributed by atoms with Crippen LogP contribution in [0, 0.1) is 0 Å². The summed E-state index contributed by atoms with van der Waals surface area (Å²) in [5, 5.41) is 6.93. The van der Waals surface area contributed by atoms with E-state index in [2.05, 4.69) is 24.5 Å². The number of esters is 1. The smallest absolute Gasteiger partial charge is 0.303 e. The van der Waals surface area contributed by atoms with Gasteiger partial charge < -0.3 is 10.1 Å². The maximum atomic E-state index is 12.0. The summed E-state index contributed by atoms with van der Waals surface area (Å²) in [4.78, 5) is 23.0. The van der Waals surface area contributed by atoms with Crippen LogP contribution in [-0.2, 0) is 19.7 Å². The Labute approximate surface area is 118 Å². The monoisotopic (exact) mass is 283 g/mol. The maximum Gasteiger partial charge on any atom is 0.303 e. The van der Waals surface area contributed by atoms with Crippen LogP contribution in [0.2, 0.25) is 0 Å². The molecule has 0 saturated carbocycles. The Balaban J connectivity index is 2.61. The molecule has 1 aromatic heterocycles. The average molecular weight is 283 g/mol. The van der Waals surface area contributed by atoms with Crippen LogP contribution in [0.25, 0.3) is 0 Å². The fraction of sp³-hybridized carbons (Fsp3) is 0.571. The van der Waals surface area contributed by atoms with Gasteiger partial charge in [-0.25, -0.2) is 0 Å². The number of rotatable bonds is 5. The minimum atomic E-state index is -1.14. The molecule has 0 bridgehead atoms. The molecule has 1 heterocycles. The van der Waals surface area contributed by atoms with Crippen molar-refractivity contribution in [3.8, 4) is 0 Å². The Morgan fingerprint density at radius 3 is 2.42 bits per heavy atom. The van der Waals surface area contributed by atoms with Crippen molar-refractivity contribution in [2.75, 3.05) is 6.54 Å². The standard InChI is InChI=1S/C14H21NO3S/c1-10(16)18-14(4,5)12(17)15-9-13(2,3)11-6-7-19-8-11/h6-8H,9H2,1-5H3,(H,15,17). The fourth-order valence-corrected chi connectivity index (χ4v) is 2.52. The van der Waals surface area contributed by atoms with Crippen LogP contribution in [0.5, 0.6) is 0 Å². The number of carbonyl (C=O) groups is 2. The number of thiophene rings is 1. The van der Waals surface area contributed by atoms with Crippen molar-refractivity contribution in [1.29, 1.82) is 0 Å². The summed E-state index contributed by atoms with van der Waals surface area (Å²) >= 11 is 1.63. The summed E-state index contributed by atoms with van der Waals surface area (Å²) in [6.07, 6.45) is 0. The number of amides is 1. The van der Waals surface area contributed by atoms with Crippen LogP contribution >= 0.6 is 11.3 Å². The Morgan fingerprint density at radius 2 is 1.95 bits per heavy atom. The first kappa shape index (κ1) is 15.7. The number of carbonyl (C=O) groups excluding carboxylic acids is 2. The van der Waals surface area contributed by atoms with Gasteiger partial charge in [-0.3, -0.25) is 9.59 Å². The molecule has 1 amide bonds. The van der Waals surface area contributed by atoms with Crippen molar-refractivity contribution in [2.24, 2.45) is 0 Å². The van der Waals surface area contributed by atoms with Gasteiger partial charge in [-0.1, -0.05) is 13.8 Å². The van der Waals surface area contributed by atoms with E-state index >= 15 is 0 Å². The fourth-order valence-electron chi connectivity index (χ4n) is 1.67. The first-order chi connectivity index (χ1) is 8.65. The van der Waals surface area contributed by atoms with Crippen LogP contribution in [0.1, 0.15) is 40.2 Å². The molecule has 1 aromatic rings. The summed E-state index contributed by atoms with van der Waals surface area (Å²) in [5.74, 6) is -0.747. The van der Waals surface area contributed by atoms with Crippen molar-refractivity contribution in [3.05, 3.63) is 22.4 Å². The maximum absolute atomic E-state index is 12.0. The van der Waals surface area contributed by atoms with E-state index in [-0.39, 0.29) is 11.3 Å².